The minimum Gasteiger partial charge on any atom is -0.506 e. The summed E-state index contributed by atoms with van der Waals surface area (Å²) in [5, 5.41) is 139. The van der Waals surface area contributed by atoms with Gasteiger partial charge >= 0.3 is 29.8 Å². The highest BCUT2D eigenvalue weighted by Gasteiger charge is 2.31. The van der Waals surface area contributed by atoms with Crippen LogP contribution < -0.4 is 48.1 Å². The molecule has 0 atom stereocenters. The first-order valence-electron chi connectivity index (χ1n) is 41.6. The van der Waals surface area contributed by atoms with Gasteiger partial charge in [-0.1, -0.05) is 58.0 Å². The molecule has 0 radical (unpaired) electrons. The number of carbonyl (C=O) groups is 5. The molecule has 38 nitrogen and oxygen atoms in total. The number of benzene rings is 5. The van der Waals surface area contributed by atoms with Gasteiger partial charge in [0.25, 0.3) is 27.8 Å². The minimum absolute atomic E-state index is 0.305. The van der Waals surface area contributed by atoms with E-state index in [9.17, 15) is 105 Å². The summed E-state index contributed by atoms with van der Waals surface area (Å²) in [6.45, 7) is 10.8. The van der Waals surface area contributed by atoms with Crippen molar-refractivity contribution >= 4 is 96.0 Å². The van der Waals surface area contributed by atoms with E-state index in [1.54, 1.807) is 101 Å². The maximum absolute atomic E-state index is 12.3. The number of hydrogen-bond acceptors (Lipinski definition) is 23. The Hall–Kier alpha value is -17.8. The lowest BCUT2D eigenvalue weighted by Gasteiger charge is -2.18. The van der Waals surface area contributed by atoms with Crippen molar-refractivity contribution in [2.45, 2.75) is 79.7 Å². The zero-order chi connectivity index (χ0) is 98.1. The van der Waals surface area contributed by atoms with Crippen LogP contribution >= 0.6 is 0 Å². The Balaban J connectivity index is 0.000000151. The molecule has 0 unspecified atom stereocenters. The number of nitrogens with zero attached hydrogens (tertiary/aromatic N) is 11. The third-order valence-corrected chi connectivity index (χ3v) is 23.8. The van der Waals surface area contributed by atoms with Crippen LogP contribution in [-0.4, -0.2) is 163 Å². The van der Waals surface area contributed by atoms with Crippen molar-refractivity contribution < 1.29 is 79.8 Å². The standard InChI is InChI=1S/C22H22N4O4.C20H20N4O4.C19H17N3O5.C18H15N3O4.C17H17N3O4/c1-3-13-18(24-20(28)17(19(13)27)22(29)30)12-6-7-16-14(10-12)15(11-23)21(25(16)2)26-8-4-5-9-26;1-5-11-16(22-18(26)15(17(11)25)20(27)28)10-6-7-14-12(8-10)13(9-21)19(23(2)3)24(14)4;1-4-10-15(21-17(24)14(16(10)23)19(25)26)9-5-6-13-11(7-9)12(8-20)18(27-3)22(13)2;1-3-11-15(20-17(23)14(16(11)22)18(24)25)9-4-5-13-12(6-9)10(7-19)8-21(13)2;1-8-14(19-16(22)13(15(8)21)17(23)24)9-3-4-12-10(5-9)6-11(7-18)20(12)2/h6-7,10H,3-5,8-9H2,1-2H3,(H,29,30)(H2,24,27,28);6-8H,5H2,1-4H3,(H,27,28)(H2,22,25,26);5-7H,4H2,1-3H3,(H,25,26)(H2,21,23,24);4-6,8H,3H2,1-2H3,(H,24,25)(H2,20,22,23);3-6H,7,18H2,1-2H3,(H,23,24)(H2,19,21,22). The van der Waals surface area contributed by atoms with E-state index >= 15 is 0 Å². The van der Waals surface area contributed by atoms with E-state index in [0.29, 0.717) is 161 Å². The molecular weight excluding hydrogens is 1730 g/mol. The summed E-state index contributed by atoms with van der Waals surface area (Å²) < 4.78 is 14.8. The van der Waals surface area contributed by atoms with E-state index in [2.05, 4.69) is 54.1 Å². The lowest BCUT2D eigenvalue weighted by molar-refractivity contribution is 0.0680. The molecule has 11 heterocycles. The molecule has 0 bridgehead atoms. The van der Waals surface area contributed by atoms with Gasteiger partial charge in [0.1, 0.15) is 81.4 Å². The predicted octanol–water partition coefficient (Wildman–Crippen LogP) is 11.9. The van der Waals surface area contributed by atoms with E-state index in [1.165, 1.54) is 7.11 Å². The number of aromatic nitrogens is 10. The number of aryl methyl sites for hydroxylation is 5. The largest absolute Gasteiger partial charge is 0.506 e. The molecule has 5 aromatic carbocycles. The number of aromatic hydroxyl groups is 5. The third-order valence-electron chi connectivity index (χ3n) is 23.8. The van der Waals surface area contributed by atoms with Crippen molar-refractivity contribution in [2.24, 2.45) is 41.0 Å². The van der Waals surface area contributed by atoms with Crippen LogP contribution in [0.25, 0.3) is 111 Å². The summed E-state index contributed by atoms with van der Waals surface area (Å²) in [5.74, 6) is -7.99. The number of pyridine rings is 5. The number of nitriles is 4. The molecule has 0 amide bonds. The molecule has 15 aromatic rings. The van der Waals surface area contributed by atoms with Gasteiger partial charge in [-0.3, -0.25) is 24.0 Å². The molecular formula is C96H91N17O21. The van der Waals surface area contributed by atoms with Crippen molar-refractivity contribution in [1.82, 2.24) is 47.8 Å². The predicted molar refractivity (Wildman–Crippen MR) is 499 cm³/mol. The third kappa shape index (κ3) is 16.9. The van der Waals surface area contributed by atoms with Gasteiger partial charge < -0.3 is 119 Å². The lowest BCUT2D eigenvalue weighted by Crippen LogP contribution is -2.21. The Morgan fingerprint density at radius 3 is 1.12 bits per heavy atom. The van der Waals surface area contributed by atoms with Crippen LogP contribution in [0.1, 0.15) is 148 Å². The first kappa shape index (κ1) is 95.3. The van der Waals surface area contributed by atoms with Gasteiger partial charge in [-0.05, 0) is 140 Å². The van der Waals surface area contributed by atoms with E-state index in [4.69, 9.17) is 25.8 Å². The molecule has 1 fully saturated rings. The van der Waals surface area contributed by atoms with E-state index in [0.717, 1.165) is 81.6 Å². The number of nitrogens with one attached hydrogen (secondary N) is 5. The Morgan fingerprint density at radius 2 is 0.761 bits per heavy atom. The number of carboxylic acids is 5. The van der Waals surface area contributed by atoms with E-state index in [-0.39, 0.29) is 0 Å². The van der Waals surface area contributed by atoms with Gasteiger partial charge in [-0.2, -0.15) is 21.0 Å². The number of ether oxygens (including phenoxy) is 1. The number of hydrogen-bond donors (Lipinski definition) is 16. The molecule has 134 heavy (non-hydrogen) atoms. The monoisotopic (exact) mass is 1820 g/mol. The highest BCUT2D eigenvalue weighted by Crippen LogP contribution is 2.43. The topological polar surface area (TPSA) is 613 Å². The second kappa shape index (κ2) is 38.3. The second-order valence-corrected chi connectivity index (χ2v) is 31.5. The van der Waals surface area contributed by atoms with Crippen LogP contribution in [-0.2, 0) is 67.5 Å². The van der Waals surface area contributed by atoms with Crippen molar-refractivity contribution in [2.75, 3.05) is 44.1 Å². The normalized spacial score (nSPS) is 11.5. The van der Waals surface area contributed by atoms with E-state index < -0.39 is 114 Å². The van der Waals surface area contributed by atoms with E-state index in [1.807, 2.05) is 114 Å². The summed E-state index contributed by atoms with van der Waals surface area (Å²) in [5.41, 5.74) is 11.7. The Morgan fingerprint density at radius 1 is 0.425 bits per heavy atom. The van der Waals surface area contributed by atoms with Crippen LogP contribution in [0.5, 0.6) is 34.6 Å². The molecule has 17 N–H and O–H groups in total. The second-order valence-electron chi connectivity index (χ2n) is 31.5. The molecule has 1 saturated heterocycles. The zero-order valence-corrected chi connectivity index (χ0v) is 74.6. The SMILES string of the molecule is CCc1c(-c2ccc3c(c2)c(C#N)c(N(C)C)n3C)[nH]c(=O)c(C(=O)O)c1O.CCc1c(-c2ccc3c(c2)c(C#N)c(N2CCCC2)n3C)[nH]c(=O)c(C(=O)O)c1O.CCc1c(-c2ccc3c(c2)c(C#N)c(OC)n3C)[nH]c(=O)c(C(=O)O)c1O.CCc1c(-c2ccc3c(c2)c(C#N)cn3C)[nH]c(=O)c(C(=O)O)c1O.Cc1c(-c2ccc3c(c2)cc(CN)n3C)[nH]c(=O)c(C(=O)O)c1O. The number of aromatic carboxylic acids is 5. The van der Waals surface area contributed by atoms with Gasteiger partial charge in [0.2, 0.25) is 5.88 Å². The Kier molecular flexibility index (Phi) is 27.2. The highest BCUT2D eigenvalue weighted by atomic mass is 16.5. The smallest absolute Gasteiger partial charge is 0.345 e. The van der Waals surface area contributed by atoms with Crippen molar-refractivity contribution in [3.63, 3.8) is 0 Å². The molecule has 0 aliphatic carbocycles. The Labute approximate surface area is 759 Å². The van der Waals surface area contributed by atoms with Gasteiger partial charge in [0, 0.05) is 147 Å². The quantitative estimate of drug-likeness (QED) is 0.0379. The fourth-order valence-corrected chi connectivity index (χ4v) is 17.4. The van der Waals surface area contributed by atoms with Gasteiger partial charge in [-0.25, -0.2) is 24.0 Å². The summed E-state index contributed by atoms with van der Waals surface area (Å²) in [7, 11) is 14.5. The molecule has 10 aromatic heterocycles. The van der Waals surface area contributed by atoms with Crippen LogP contribution in [0.2, 0.25) is 0 Å². The maximum atomic E-state index is 12.3. The minimum atomic E-state index is -1.50. The van der Waals surface area contributed by atoms with Gasteiger partial charge in [0.05, 0.1) is 57.7 Å². The Bertz CT molecular complexity index is 7960. The number of methoxy groups -OCH3 is 1. The van der Waals surface area contributed by atoms with Crippen molar-refractivity contribution in [1.29, 1.82) is 21.0 Å². The number of fused-ring (bicyclic) bond motifs is 5. The molecule has 1 aliphatic rings. The molecule has 0 saturated carbocycles. The average molecular weight is 1820 g/mol. The first-order valence-corrected chi connectivity index (χ1v) is 41.6. The van der Waals surface area contributed by atoms with Crippen molar-refractivity contribution in [3.05, 3.63) is 239 Å². The number of anilines is 2. The van der Waals surface area contributed by atoms with Crippen LogP contribution in [0.15, 0.2) is 127 Å². The number of rotatable bonds is 18. The summed E-state index contributed by atoms with van der Waals surface area (Å²) in [6.07, 6.45) is 5.18. The summed E-state index contributed by atoms with van der Waals surface area (Å²) >= 11 is 0. The number of H-pyrrole nitrogens is 5. The van der Waals surface area contributed by atoms with Crippen LogP contribution in [0.4, 0.5) is 11.6 Å². The fraction of sp³-hybridized carbons (Fsp3) is 0.229. The zero-order valence-electron chi connectivity index (χ0n) is 74.6. The molecule has 0 spiro atoms. The molecule has 38 heteroatoms. The lowest BCUT2D eigenvalue weighted by atomic mass is 9.99. The summed E-state index contributed by atoms with van der Waals surface area (Å²) in [6, 6.07) is 37.7. The maximum Gasteiger partial charge on any atom is 0.345 e. The molecule has 686 valence electrons. The highest BCUT2D eigenvalue weighted by molar-refractivity contribution is 6.01. The number of aromatic amines is 5. The average Bonchev–Trinajstić information content (AvgIpc) is 1.56. The van der Waals surface area contributed by atoms with Gasteiger partial charge in [0.15, 0.2) is 27.8 Å². The molecule has 1 aliphatic heterocycles. The van der Waals surface area contributed by atoms with Crippen molar-refractivity contribution in [3.8, 4) is 115 Å². The fourth-order valence-electron chi connectivity index (χ4n) is 17.4. The number of carboxylic acid groups (broad SMARTS) is 5. The first-order chi connectivity index (χ1) is 63.7. The van der Waals surface area contributed by atoms with Crippen LogP contribution in [0, 0.1) is 52.2 Å². The number of nitrogens with two attached hydrogens (primary N) is 1. The van der Waals surface area contributed by atoms with Gasteiger partial charge in [-0.15, -0.1) is 0 Å². The van der Waals surface area contributed by atoms with Crippen LogP contribution in [0.3, 0.4) is 0 Å². The summed E-state index contributed by atoms with van der Waals surface area (Å²) in [4.78, 5) is 134. The molecule has 16 rings (SSSR count).